The van der Waals surface area contributed by atoms with Crippen molar-refractivity contribution in [2.45, 2.75) is 32.7 Å². The van der Waals surface area contributed by atoms with Crippen LogP contribution < -0.4 is 4.74 Å². The summed E-state index contributed by atoms with van der Waals surface area (Å²) in [6, 6.07) is 8.33. The smallest absolute Gasteiger partial charge is 0.345 e. The van der Waals surface area contributed by atoms with E-state index >= 15 is 0 Å². The van der Waals surface area contributed by atoms with Gasteiger partial charge in [0.15, 0.2) is 0 Å². The first-order chi connectivity index (χ1) is 13.6. The highest BCUT2D eigenvalue weighted by molar-refractivity contribution is 6.57. The Kier molecular flexibility index (Phi) is 9.51. The zero-order chi connectivity index (χ0) is 20.2. The molecule has 1 heterocycles. The lowest BCUT2D eigenvalue weighted by molar-refractivity contribution is -0.146. The quantitative estimate of drug-likeness (QED) is 0.207. The first-order valence-electron chi connectivity index (χ1n) is 9.71. The molecule has 28 heavy (non-hydrogen) atoms. The van der Waals surface area contributed by atoms with E-state index in [0.717, 1.165) is 6.61 Å². The third kappa shape index (κ3) is 7.32. The van der Waals surface area contributed by atoms with E-state index in [1.54, 1.807) is 38.1 Å². The predicted octanol–water partition coefficient (Wildman–Crippen LogP) is 3.20. The van der Waals surface area contributed by atoms with Crippen molar-refractivity contribution in [1.29, 1.82) is 0 Å². The Morgan fingerprint density at radius 2 is 1.75 bits per heavy atom. The molecule has 1 aliphatic rings. The fourth-order valence-electron chi connectivity index (χ4n) is 2.71. The molecule has 0 N–H and O–H groups in total. The number of rotatable bonds is 9. The standard InChI is InChI=1S/C21H28O6Si/c1-3-24-20(22)19(21(23)25-4-2)16-17-8-10-18(11-9-17)26-12-7-15-28-14-6-5-13-27-28/h7-11,15-16,28H,3-6,12-14H2,1-2H3/b15-7-. The fraction of sp³-hybridized carbons (Fsp3) is 0.429. The molecule has 1 fully saturated rings. The van der Waals surface area contributed by atoms with E-state index in [0.29, 0.717) is 17.9 Å². The molecular formula is C21H28O6Si. The lowest BCUT2D eigenvalue weighted by Crippen LogP contribution is -2.21. The lowest BCUT2D eigenvalue weighted by atomic mass is 10.1. The molecule has 1 saturated heterocycles. The van der Waals surface area contributed by atoms with E-state index in [1.807, 2.05) is 6.08 Å². The molecule has 2 rings (SSSR count). The van der Waals surface area contributed by atoms with Gasteiger partial charge in [-0.1, -0.05) is 30.3 Å². The molecule has 7 heteroatoms. The van der Waals surface area contributed by atoms with Crippen molar-refractivity contribution in [3.63, 3.8) is 0 Å². The first-order valence-corrected chi connectivity index (χ1v) is 11.7. The van der Waals surface area contributed by atoms with Crippen LogP contribution in [0, 0.1) is 0 Å². The van der Waals surface area contributed by atoms with Crippen molar-refractivity contribution in [3.05, 3.63) is 47.2 Å². The zero-order valence-electron chi connectivity index (χ0n) is 16.5. The van der Waals surface area contributed by atoms with Crippen molar-refractivity contribution >= 4 is 27.1 Å². The second-order valence-electron chi connectivity index (χ2n) is 6.21. The molecule has 1 aliphatic heterocycles. The SMILES string of the molecule is CCOC(=O)C(=Cc1ccc(OC/C=C\[SiH]2CCCCO2)cc1)C(=O)OCC. The molecular weight excluding hydrogens is 376 g/mol. The molecule has 152 valence electrons. The number of ether oxygens (including phenoxy) is 3. The molecule has 1 unspecified atom stereocenters. The van der Waals surface area contributed by atoms with Gasteiger partial charge < -0.3 is 18.6 Å². The van der Waals surface area contributed by atoms with Gasteiger partial charge in [0.05, 0.1) is 13.2 Å². The number of hydrogen-bond donors (Lipinski definition) is 0. The lowest BCUT2D eigenvalue weighted by Gasteiger charge is -2.17. The second kappa shape index (κ2) is 12.1. The molecule has 0 radical (unpaired) electrons. The van der Waals surface area contributed by atoms with Crippen molar-refractivity contribution in [3.8, 4) is 5.75 Å². The van der Waals surface area contributed by atoms with Gasteiger partial charge in [0.25, 0.3) is 0 Å². The summed E-state index contributed by atoms with van der Waals surface area (Å²) in [5.74, 6) is -0.678. The average Bonchev–Trinajstić information content (AvgIpc) is 2.71. The summed E-state index contributed by atoms with van der Waals surface area (Å²) in [5.41, 5.74) is 2.74. The summed E-state index contributed by atoms with van der Waals surface area (Å²) in [6.07, 6.45) is 5.92. The summed E-state index contributed by atoms with van der Waals surface area (Å²) < 4.78 is 21.3. The van der Waals surface area contributed by atoms with Gasteiger partial charge in [-0.15, -0.1) is 0 Å². The van der Waals surface area contributed by atoms with Crippen LogP contribution in [0.5, 0.6) is 5.75 Å². The summed E-state index contributed by atoms with van der Waals surface area (Å²) in [6.45, 7) is 5.11. The molecule has 1 atom stereocenters. The van der Waals surface area contributed by atoms with E-state index in [2.05, 4.69) is 5.70 Å². The Morgan fingerprint density at radius 3 is 2.32 bits per heavy atom. The Morgan fingerprint density at radius 1 is 1.07 bits per heavy atom. The van der Waals surface area contributed by atoms with Crippen LogP contribution in [-0.4, -0.2) is 47.4 Å². The zero-order valence-corrected chi connectivity index (χ0v) is 17.7. The van der Waals surface area contributed by atoms with Crippen molar-refractivity contribution in [2.24, 2.45) is 0 Å². The van der Waals surface area contributed by atoms with Crippen molar-refractivity contribution in [2.75, 3.05) is 26.4 Å². The maximum Gasteiger partial charge on any atom is 0.345 e. The third-order valence-corrected chi connectivity index (χ3v) is 6.44. The van der Waals surface area contributed by atoms with Gasteiger partial charge in [-0.2, -0.15) is 0 Å². The molecule has 0 amide bonds. The third-order valence-electron chi connectivity index (χ3n) is 4.09. The van der Waals surface area contributed by atoms with E-state index < -0.39 is 21.0 Å². The van der Waals surface area contributed by atoms with Gasteiger partial charge in [0, 0.05) is 6.61 Å². The maximum atomic E-state index is 12.0. The molecule has 1 aromatic rings. The van der Waals surface area contributed by atoms with E-state index in [4.69, 9.17) is 18.6 Å². The van der Waals surface area contributed by atoms with Crippen LogP contribution in [-0.2, 0) is 23.5 Å². The number of esters is 2. The minimum atomic E-state index is -1.16. The van der Waals surface area contributed by atoms with Crippen LogP contribution in [0.25, 0.3) is 6.08 Å². The second-order valence-corrected chi connectivity index (χ2v) is 8.58. The van der Waals surface area contributed by atoms with E-state index in [1.165, 1.54) is 25.0 Å². The molecule has 0 bridgehead atoms. The van der Waals surface area contributed by atoms with Crippen LogP contribution in [0.4, 0.5) is 0 Å². The molecule has 0 aromatic heterocycles. The summed E-state index contributed by atoms with van der Waals surface area (Å²) in [4.78, 5) is 24.0. The topological polar surface area (TPSA) is 71.1 Å². The van der Waals surface area contributed by atoms with Crippen molar-refractivity contribution in [1.82, 2.24) is 0 Å². The molecule has 0 aliphatic carbocycles. The predicted molar refractivity (Wildman–Crippen MR) is 109 cm³/mol. The highest BCUT2D eigenvalue weighted by atomic mass is 28.3. The van der Waals surface area contributed by atoms with E-state index in [9.17, 15) is 9.59 Å². The van der Waals surface area contributed by atoms with E-state index in [-0.39, 0.29) is 18.8 Å². The van der Waals surface area contributed by atoms with Gasteiger partial charge >= 0.3 is 11.9 Å². The monoisotopic (exact) mass is 404 g/mol. The van der Waals surface area contributed by atoms with Gasteiger partial charge in [-0.05, 0) is 50.1 Å². The number of carbonyl (C=O) groups is 2. The Labute approximate surface area is 167 Å². The molecule has 1 aromatic carbocycles. The minimum Gasteiger partial charge on any atom is -0.490 e. The molecule has 0 saturated carbocycles. The highest BCUT2D eigenvalue weighted by Gasteiger charge is 2.20. The minimum absolute atomic E-state index is 0.127. The number of hydrogen-bond acceptors (Lipinski definition) is 6. The molecule has 0 spiro atoms. The number of benzene rings is 1. The van der Waals surface area contributed by atoms with Gasteiger partial charge in [0.2, 0.25) is 9.04 Å². The highest BCUT2D eigenvalue weighted by Crippen LogP contribution is 2.16. The van der Waals surface area contributed by atoms with Crippen LogP contribution in [0.3, 0.4) is 0 Å². The van der Waals surface area contributed by atoms with Gasteiger partial charge in [-0.3, -0.25) is 0 Å². The largest absolute Gasteiger partial charge is 0.490 e. The average molecular weight is 405 g/mol. The Bertz CT molecular complexity index is 669. The summed E-state index contributed by atoms with van der Waals surface area (Å²) in [5, 5.41) is 0. The first kappa shape index (κ1) is 21.9. The van der Waals surface area contributed by atoms with Crippen LogP contribution in [0.2, 0.25) is 6.04 Å². The summed E-state index contributed by atoms with van der Waals surface area (Å²) in [7, 11) is -1.16. The van der Waals surface area contributed by atoms with Gasteiger partial charge in [-0.25, -0.2) is 9.59 Å². The molecule has 6 nitrogen and oxygen atoms in total. The number of carbonyl (C=O) groups excluding carboxylic acids is 2. The van der Waals surface area contributed by atoms with Crippen LogP contribution in [0.1, 0.15) is 32.3 Å². The summed E-state index contributed by atoms with van der Waals surface area (Å²) >= 11 is 0. The fourth-order valence-corrected chi connectivity index (χ4v) is 4.76. The normalized spacial score (nSPS) is 16.4. The Balaban J connectivity index is 1.94. The Hall–Kier alpha value is -2.38. The maximum absolute atomic E-state index is 12.0. The van der Waals surface area contributed by atoms with Crippen molar-refractivity contribution < 1.29 is 28.2 Å². The van der Waals surface area contributed by atoms with Crippen LogP contribution >= 0.6 is 0 Å². The van der Waals surface area contributed by atoms with Crippen LogP contribution in [0.15, 0.2) is 41.6 Å². The van der Waals surface area contributed by atoms with Gasteiger partial charge in [0.1, 0.15) is 17.9 Å².